The van der Waals surface area contributed by atoms with Gasteiger partial charge in [0, 0.05) is 13.1 Å². The molecular formula is C14H24N2O5. The molecule has 7 nitrogen and oxygen atoms in total. The monoisotopic (exact) mass is 300 g/mol. The van der Waals surface area contributed by atoms with Crippen molar-refractivity contribution in [2.75, 3.05) is 19.7 Å². The van der Waals surface area contributed by atoms with E-state index in [0.717, 1.165) is 6.42 Å². The Morgan fingerprint density at radius 2 is 2.14 bits per heavy atom. The second kappa shape index (κ2) is 7.09. The molecule has 0 bridgehead atoms. The first-order valence-corrected chi connectivity index (χ1v) is 7.55. The Bertz CT molecular complexity index is 390. The van der Waals surface area contributed by atoms with Gasteiger partial charge in [-0.1, -0.05) is 6.92 Å². The van der Waals surface area contributed by atoms with Crippen LogP contribution in [-0.4, -0.2) is 66.1 Å². The third-order valence-corrected chi connectivity index (χ3v) is 4.06. The number of nitrogens with one attached hydrogen (secondary N) is 1. The minimum absolute atomic E-state index is 0.0395. The smallest absolute Gasteiger partial charge is 0.332 e. The van der Waals surface area contributed by atoms with Gasteiger partial charge >= 0.3 is 12.0 Å². The number of morpholine rings is 1. The minimum Gasteiger partial charge on any atom is -0.479 e. The number of carboxylic acid groups (broad SMARTS) is 1. The Labute approximate surface area is 124 Å². The largest absolute Gasteiger partial charge is 0.479 e. The van der Waals surface area contributed by atoms with Gasteiger partial charge in [0.05, 0.1) is 24.9 Å². The number of hydrogen-bond donors (Lipinski definition) is 2. The molecule has 2 aliphatic heterocycles. The number of carbonyl (C=O) groups excluding carboxylic acids is 1. The highest BCUT2D eigenvalue weighted by Crippen LogP contribution is 2.19. The predicted molar refractivity (Wildman–Crippen MR) is 75.1 cm³/mol. The van der Waals surface area contributed by atoms with Gasteiger partial charge in [-0.3, -0.25) is 0 Å². The molecule has 0 aromatic carbocycles. The van der Waals surface area contributed by atoms with Crippen LogP contribution < -0.4 is 5.32 Å². The normalized spacial score (nSPS) is 33.0. The Morgan fingerprint density at radius 1 is 1.38 bits per heavy atom. The van der Waals surface area contributed by atoms with Crippen molar-refractivity contribution in [2.24, 2.45) is 0 Å². The van der Waals surface area contributed by atoms with Crippen molar-refractivity contribution in [3.8, 4) is 0 Å². The van der Waals surface area contributed by atoms with Crippen LogP contribution in [0.5, 0.6) is 0 Å². The van der Waals surface area contributed by atoms with E-state index in [2.05, 4.69) is 5.32 Å². The quantitative estimate of drug-likeness (QED) is 0.803. The number of nitrogens with zero attached hydrogens (tertiary/aromatic N) is 1. The molecule has 0 spiro atoms. The third-order valence-electron chi connectivity index (χ3n) is 4.06. The summed E-state index contributed by atoms with van der Waals surface area (Å²) in [6.45, 7) is 5.47. The summed E-state index contributed by atoms with van der Waals surface area (Å²) in [5.74, 6) is -0.933. The first-order chi connectivity index (χ1) is 10.0. The average Bonchev–Trinajstić information content (AvgIpc) is 2.94. The number of ether oxygens (including phenoxy) is 2. The van der Waals surface area contributed by atoms with Crippen LogP contribution in [-0.2, 0) is 14.3 Å². The first kappa shape index (κ1) is 16.0. The maximum absolute atomic E-state index is 12.3. The fraction of sp³-hybridized carbons (Fsp3) is 0.857. The summed E-state index contributed by atoms with van der Waals surface area (Å²) < 4.78 is 10.9. The number of urea groups is 1. The Morgan fingerprint density at radius 3 is 2.76 bits per heavy atom. The van der Waals surface area contributed by atoms with E-state index in [1.165, 1.54) is 0 Å². The van der Waals surface area contributed by atoms with Crippen molar-refractivity contribution >= 4 is 12.0 Å². The lowest BCUT2D eigenvalue weighted by Gasteiger charge is -2.38. The lowest BCUT2D eigenvalue weighted by Crippen LogP contribution is -2.55. The molecular weight excluding hydrogens is 276 g/mol. The van der Waals surface area contributed by atoms with Gasteiger partial charge in [0.15, 0.2) is 6.10 Å². The molecule has 0 aliphatic carbocycles. The van der Waals surface area contributed by atoms with Gasteiger partial charge in [-0.25, -0.2) is 9.59 Å². The zero-order chi connectivity index (χ0) is 15.4. The number of carbonyl (C=O) groups is 2. The fourth-order valence-corrected chi connectivity index (χ4v) is 2.77. The Hall–Kier alpha value is -1.34. The Balaban J connectivity index is 1.79. The van der Waals surface area contributed by atoms with E-state index in [9.17, 15) is 9.59 Å². The molecule has 0 radical (unpaired) electrons. The summed E-state index contributed by atoms with van der Waals surface area (Å²) in [4.78, 5) is 24.9. The summed E-state index contributed by atoms with van der Waals surface area (Å²) in [5.41, 5.74) is 0. The standard InChI is InChI=1S/C14H24N2O5/c1-3-10-8-20-9(2)7-16(10)14(19)15-6-11-4-5-12(21-11)13(17)18/h9-12H,3-8H2,1-2H3,(H,15,19)(H,17,18). The highest BCUT2D eigenvalue weighted by molar-refractivity contribution is 5.75. The van der Waals surface area contributed by atoms with Crippen LogP contribution >= 0.6 is 0 Å². The van der Waals surface area contributed by atoms with Crippen LogP contribution in [0.1, 0.15) is 33.1 Å². The van der Waals surface area contributed by atoms with Gasteiger partial charge in [-0.05, 0) is 26.2 Å². The van der Waals surface area contributed by atoms with E-state index >= 15 is 0 Å². The van der Waals surface area contributed by atoms with Crippen LogP contribution in [0.15, 0.2) is 0 Å². The van der Waals surface area contributed by atoms with Gasteiger partial charge < -0.3 is 24.8 Å². The SMILES string of the molecule is CCC1COC(C)CN1C(=O)NCC1CCC(C(=O)O)O1. The summed E-state index contributed by atoms with van der Waals surface area (Å²) >= 11 is 0. The van der Waals surface area contributed by atoms with Crippen molar-refractivity contribution in [1.29, 1.82) is 0 Å². The van der Waals surface area contributed by atoms with E-state index in [1.54, 1.807) is 4.90 Å². The average molecular weight is 300 g/mol. The second-order valence-electron chi connectivity index (χ2n) is 5.71. The Kier molecular flexibility index (Phi) is 5.41. The third kappa shape index (κ3) is 4.07. The van der Waals surface area contributed by atoms with Crippen LogP contribution in [0, 0.1) is 0 Å². The van der Waals surface area contributed by atoms with Gasteiger partial charge in [0.25, 0.3) is 0 Å². The highest BCUT2D eigenvalue weighted by atomic mass is 16.5. The van der Waals surface area contributed by atoms with E-state index < -0.39 is 12.1 Å². The van der Waals surface area contributed by atoms with Gasteiger partial charge in [-0.2, -0.15) is 0 Å². The predicted octanol–water partition coefficient (Wildman–Crippen LogP) is 0.827. The van der Waals surface area contributed by atoms with Gasteiger partial charge in [0.2, 0.25) is 0 Å². The highest BCUT2D eigenvalue weighted by Gasteiger charge is 2.32. The van der Waals surface area contributed by atoms with E-state index in [4.69, 9.17) is 14.6 Å². The number of amides is 2. The maximum Gasteiger partial charge on any atom is 0.332 e. The van der Waals surface area contributed by atoms with Crippen LogP contribution in [0.4, 0.5) is 4.79 Å². The zero-order valence-corrected chi connectivity index (χ0v) is 12.6. The van der Waals surface area contributed by atoms with Crippen molar-refractivity contribution in [1.82, 2.24) is 10.2 Å². The number of rotatable bonds is 4. The number of aliphatic carboxylic acids is 1. The van der Waals surface area contributed by atoms with Gasteiger partial charge in [0.1, 0.15) is 0 Å². The van der Waals surface area contributed by atoms with Crippen LogP contribution in [0.3, 0.4) is 0 Å². The van der Waals surface area contributed by atoms with E-state index in [0.29, 0.717) is 32.5 Å². The molecule has 2 aliphatic rings. The lowest BCUT2D eigenvalue weighted by atomic mass is 10.1. The van der Waals surface area contributed by atoms with Crippen LogP contribution in [0.2, 0.25) is 0 Å². The molecule has 0 aromatic rings. The summed E-state index contributed by atoms with van der Waals surface area (Å²) in [7, 11) is 0. The molecule has 2 saturated heterocycles. The fourth-order valence-electron chi connectivity index (χ4n) is 2.77. The van der Waals surface area contributed by atoms with Crippen molar-refractivity contribution in [3.05, 3.63) is 0 Å². The minimum atomic E-state index is -0.933. The van der Waals surface area contributed by atoms with Crippen molar-refractivity contribution < 1.29 is 24.2 Å². The molecule has 4 unspecified atom stereocenters. The molecule has 2 N–H and O–H groups in total. The summed E-state index contributed by atoms with van der Waals surface area (Å²) in [6.07, 6.45) is 1.10. The molecule has 2 heterocycles. The second-order valence-corrected chi connectivity index (χ2v) is 5.71. The molecule has 2 amide bonds. The molecule has 2 rings (SSSR count). The van der Waals surface area contributed by atoms with Crippen molar-refractivity contribution in [2.45, 2.75) is 57.5 Å². The van der Waals surface area contributed by atoms with Crippen LogP contribution in [0.25, 0.3) is 0 Å². The molecule has 21 heavy (non-hydrogen) atoms. The molecule has 0 aromatic heterocycles. The molecule has 0 saturated carbocycles. The summed E-state index contributed by atoms with van der Waals surface area (Å²) in [6, 6.07) is -0.0307. The molecule has 2 fully saturated rings. The molecule has 4 atom stereocenters. The van der Waals surface area contributed by atoms with Crippen molar-refractivity contribution in [3.63, 3.8) is 0 Å². The maximum atomic E-state index is 12.3. The molecule has 7 heteroatoms. The summed E-state index contributed by atoms with van der Waals surface area (Å²) in [5, 5.41) is 11.7. The number of carboxylic acids is 1. The topological polar surface area (TPSA) is 88.1 Å². The lowest BCUT2D eigenvalue weighted by molar-refractivity contribution is -0.149. The van der Waals surface area contributed by atoms with E-state index in [-0.39, 0.29) is 24.3 Å². The molecule has 120 valence electrons. The zero-order valence-electron chi connectivity index (χ0n) is 12.6. The number of hydrogen-bond acceptors (Lipinski definition) is 4. The van der Waals surface area contributed by atoms with E-state index in [1.807, 2.05) is 13.8 Å². The first-order valence-electron chi connectivity index (χ1n) is 7.55. The van der Waals surface area contributed by atoms with Gasteiger partial charge in [-0.15, -0.1) is 0 Å².